The zero-order valence-electron chi connectivity index (χ0n) is 14.7. The number of hydrogen-bond donors (Lipinski definition) is 0. The second kappa shape index (κ2) is 7.76. The predicted octanol–water partition coefficient (Wildman–Crippen LogP) is 3.67. The summed E-state index contributed by atoms with van der Waals surface area (Å²) in [5.74, 6) is 1.78. The Balaban J connectivity index is 1.53. The average Bonchev–Trinajstić information content (AvgIpc) is 3.13. The van der Waals surface area contributed by atoms with Gasteiger partial charge in [-0.15, -0.1) is 0 Å². The molecule has 1 aliphatic heterocycles. The fourth-order valence-electron chi connectivity index (χ4n) is 3.06. The van der Waals surface area contributed by atoms with Crippen molar-refractivity contribution in [3.05, 3.63) is 47.4 Å². The maximum Gasteiger partial charge on any atom is 0.229 e. The van der Waals surface area contributed by atoms with E-state index in [-0.39, 0.29) is 17.6 Å². The second-order valence-corrected chi connectivity index (χ2v) is 6.76. The van der Waals surface area contributed by atoms with Crippen LogP contribution in [0.4, 0.5) is 4.39 Å². The summed E-state index contributed by atoms with van der Waals surface area (Å²) in [5, 5.41) is 4.08. The van der Waals surface area contributed by atoms with Crippen molar-refractivity contribution < 1.29 is 13.7 Å². The smallest absolute Gasteiger partial charge is 0.229 e. The number of halogens is 1. The molecular formula is C19H24FN3O2. The molecule has 1 aromatic heterocycles. The Kier molecular flexibility index (Phi) is 5.46. The summed E-state index contributed by atoms with van der Waals surface area (Å²) in [6, 6.07) is 6.10. The van der Waals surface area contributed by atoms with Crippen molar-refractivity contribution in [3.63, 3.8) is 0 Å². The number of carbonyl (C=O) groups excluding carboxylic acids is 1. The molecule has 0 bridgehead atoms. The van der Waals surface area contributed by atoms with Gasteiger partial charge < -0.3 is 9.42 Å². The van der Waals surface area contributed by atoms with Crippen LogP contribution in [0.15, 0.2) is 28.8 Å². The summed E-state index contributed by atoms with van der Waals surface area (Å²) in [7, 11) is 0. The molecule has 1 fully saturated rings. The third kappa shape index (κ3) is 4.24. The fraction of sp³-hybridized carbons (Fsp3) is 0.526. The second-order valence-electron chi connectivity index (χ2n) is 6.76. The molecule has 1 aromatic carbocycles. The van der Waals surface area contributed by atoms with E-state index in [0.717, 1.165) is 30.7 Å². The van der Waals surface area contributed by atoms with E-state index < -0.39 is 0 Å². The zero-order valence-corrected chi connectivity index (χ0v) is 14.7. The lowest BCUT2D eigenvalue weighted by atomic mass is 9.96. The fourth-order valence-corrected chi connectivity index (χ4v) is 3.06. The van der Waals surface area contributed by atoms with Gasteiger partial charge in [-0.2, -0.15) is 4.98 Å². The first-order valence-electron chi connectivity index (χ1n) is 8.92. The van der Waals surface area contributed by atoms with Crippen LogP contribution in [0.3, 0.4) is 0 Å². The molecule has 1 atom stereocenters. The van der Waals surface area contributed by atoms with E-state index in [4.69, 9.17) is 4.52 Å². The van der Waals surface area contributed by atoms with Gasteiger partial charge in [0, 0.05) is 24.9 Å². The first-order valence-corrected chi connectivity index (χ1v) is 8.92. The van der Waals surface area contributed by atoms with E-state index in [2.05, 4.69) is 24.0 Å². The molecule has 0 aliphatic carbocycles. The molecule has 1 saturated heterocycles. The maximum atomic E-state index is 12.9. The Hall–Kier alpha value is -2.24. The number of piperidine rings is 1. The third-order valence-corrected chi connectivity index (χ3v) is 4.98. The van der Waals surface area contributed by atoms with Crippen molar-refractivity contribution >= 4 is 5.91 Å². The number of amides is 1. The molecule has 5 nitrogen and oxygen atoms in total. The first kappa shape index (κ1) is 17.6. The SMILES string of the molecule is CC[C@H](C)c1noc(C2CCN(C(=O)Cc3ccc(F)cc3)CC2)n1. The van der Waals surface area contributed by atoms with Crippen LogP contribution in [0.25, 0.3) is 0 Å². The van der Waals surface area contributed by atoms with Crippen LogP contribution in [0.1, 0.15) is 62.2 Å². The molecule has 0 unspecified atom stereocenters. The van der Waals surface area contributed by atoms with Crippen LogP contribution in [-0.4, -0.2) is 34.0 Å². The number of likely N-dealkylation sites (tertiary alicyclic amines) is 1. The molecule has 1 amide bonds. The monoisotopic (exact) mass is 345 g/mol. The number of rotatable bonds is 5. The summed E-state index contributed by atoms with van der Waals surface area (Å²) < 4.78 is 18.4. The highest BCUT2D eigenvalue weighted by Crippen LogP contribution is 2.28. The van der Waals surface area contributed by atoms with Crippen molar-refractivity contribution in [2.24, 2.45) is 0 Å². The lowest BCUT2D eigenvalue weighted by Crippen LogP contribution is -2.38. The van der Waals surface area contributed by atoms with Gasteiger partial charge in [0.2, 0.25) is 11.8 Å². The van der Waals surface area contributed by atoms with Crippen LogP contribution in [0.5, 0.6) is 0 Å². The molecule has 2 heterocycles. The van der Waals surface area contributed by atoms with E-state index in [1.54, 1.807) is 12.1 Å². The summed E-state index contributed by atoms with van der Waals surface area (Å²) in [6.45, 7) is 5.56. The molecule has 2 aromatic rings. The van der Waals surface area contributed by atoms with Crippen molar-refractivity contribution in [1.82, 2.24) is 15.0 Å². The summed E-state index contributed by atoms with van der Waals surface area (Å²) in [4.78, 5) is 18.8. The van der Waals surface area contributed by atoms with E-state index in [9.17, 15) is 9.18 Å². The van der Waals surface area contributed by atoms with Crippen LogP contribution in [0.2, 0.25) is 0 Å². The first-order chi connectivity index (χ1) is 12.1. The van der Waals surface area contributed by atoms with Gasteiger partial charge >= 0.3 is 0 Å². The molecular weight excluding hydrogens is 321 g/mol. The van der Waals surface area contributed by atoms with Crippen LogP contribution >= 0.6 is 0 Å². The van der Waals surface area contributed by atoms with Gasteiger partial charge in [0.05, 0.1) is 6.42 Å². The van der Waals surface area contributed by atoms with Gasteiger partial charge in [-0.3, -0.25) is 4.79 Å². The van der Waals surface area contributed by atoms with E-state index in [1.165, 1.54) is 12.1 Å². The van der Waals surface area contributed by atoms with Gasteiger partial charge in [-0.05, 0) is 37.0 Å². The quantitative estimate of drug-likeness (QED) is 0.829. The molecule has 6 heteroatoms. The lowest BCUT2D eigenvalue weighted by molar-refractivity contribution is -0.131. The minimum atomic E-state index is -0.284. The highest BCUT2D eigenvalue weighted by atomic mass is 19.1. The molecule has 0 N–H and O–H groups in total. The summed E-state index contributed by atoms with van der Waals surface area (Å²) in [6.07, 6.45) is 2.95. The molecule has 25 heavy (non-hydrogen) atoms. The van der Waals surface area contributed by atoms with Crippen molar-refractivity contribution in [3.8, 4) is 0 Å². The number of benzene rings is 1. The molecule has 0 spiro atoms. The predicted molar refractivity (Wildman–Crippen MR) is 91.7 cm³/mol. The topological polar surface area (TPSA) is 59.2 Å². The highest BCUT2D eigenvalue weighted by Gasteiger charge is 2.28. The summed E-state index contributed by atoms with van der Waals surface area (Å²) >= 11 is 0. The van der Waals surface area contributed by atoms with Crippen molar-refractivity contribution in [1.29, 1.82) is 0 Å². The van der Waals surface area contributed by atoms with E-state index in [0.29, 0.717) is 31.3 Å². The molecule has 134 valence electrons. The van der Waals surface area contributed by atoms with Crippen molar-refractivity contribution in [2.45, 2.75) is 51.4 Å². The Morgan fingerprint density at radius 3 is 2.64 bits per heavy atom. The Morgan fingerprint density at radius 1 is 1.32 bits per heavy atom. The molecule has 0 saturated carbocycles. The Bertz CT molecular complexity index is 706. The van der Waals surface area contributed by atoms with Gasteiger partial charge in [-0.25, -0.2) is 4.39 Å². The third-order valence-electron chi connectivity index (χ3n) is 4.98. The van der Waals surface area contributed by atoms with Crippen molar-refractivity contribution in [2.75, 3.05) is 13.1 Å². The number of carbonyl (C=O) groups is 1. The molecule has 0 radical (unpaired) electrons. The normalized spacial score (nSPS) is 16.8. The van der Waals surface area contributed by atoms with Crippen LogP contribution < -0.4 is 0 Å². The minimum Gasteiger partial charge on any atom is -0.342 e. The maximum absolute atomic E-state index is 12.9. The van der Waals surface area contributed by atoms with Gasteiger partial charge in [-0.1, -0.05) is 31.1 Å². The van der Waals surface area contributed by atoms with Crippen LogP contribution in [-0.2, 0) is 11.2 Å². The standard InChI is InChI=1S/C19H24FN3O2/c1-3-13(2)18-21-19(25-22-18)15-8-10-23(11-9-15)17(24)12-14-4-6-16(20)7-5-14/h4-7,13,15H,3,8-12H2,1-2H3/t13-/m0/s1. The minimum absolute atomic E-state index is 0.0795. The zero-order chi connectivity index (χ0) is 17.8. The van der Waals surface area contributed by atoms with Crippen LogP contribution in [0, 0.1) is 5.82 Å². The average molecular weight is 345 g/mol. The summed E-state index contributed by atoms with van der Waals surface area (Å²) in [5.41, 5.74) is 0.837. The molecule has 3 rings (SSSR count). The van der Waals surface area contributed by atoms with Gasteiger partial charge in [0.15, 0.2) is 5.82 Å². The lowest BCUT2D eigenvalue weighted by Gasteiger charge is -2.30. The number of aromatic nitrogens is 2. The van der Waals surface area contributed by atoms with Gasteiger partial charge in [0.25, 0.3) is 0 Å². The Labute approximate surface area is 147 Å². The van der Waals surface area contributed by atoms with E-state index >= 15 is 0 Å². The number of hydrogen-bond acceptors (Lipinski definition) is 4. The Morgan fingerprint density at radius 2 is 2.00 bits per heavy atom. The van der Waals surface area contributed by atoms with E-state index in [1.807, 2.05) is 4.90 Å². The highest BCUT2D eigenvalue weighted by molar-refractivity contribution is 5.78. The molecule has 1 aliphatic rings. The van der Waals surface area contributed by atoms with Gasteiger partial charge in [0.1, 0.15) is 5.82 Å². The largest absolute Gasteiger partial charge is 0.342 e. The number of nitrogens with zero attached hydrogens (tertiary/aromatic N) is 3.